The Labute approximate surface area is 122 Å². The van der Waals surface area contributed by atoms with E-state index < -0.39 is 0 Å². The lowest BCUT2D eigenvalue weighted by Crippen LogP contribution is -1.96. The van der Waals surface area contributed by atoms with E-state index in [2.05, 4.69) is 39.6 Å². The molecule has 3 nitrogen and oxygen atoms in total. The minimum Gasteiger partial charge on any atom is -0.324 e. The fourth-order valence-electron chi connectivity index (χ4n) is 2.43. The molecule has 0 aliphatic rings. The Morgan fingerprint density at radius 1 is 0.714 bits per heavy atom. The van der Waals surface area contributed by atoms with Crippen molar-refractivity contribution in [3.63, 3.8) is 0 Å². The number of hydrogen-bond acceptors (Lipinski definition) is 3. The fourth-order valence-corrected chi connectivity index (χ4v) is 2.43. The van der Waals surface area contributed by atoms with Gasteiger partial charge >= 0.3 is 0 Å². The molecule has 0 aliphatic carbocycles. The Balaban J connectivity index is 1.80. The van der Waals surface area contributed by atoms with Gasteiger partial charge in [0.1, 0.15) is 0 Å². The van der Waals surface area contributed by atoms with Gasteiger partial charge in [-0.2, -0.15) is 0 Å². The molecule has 3 heteroatoms. The van der Waals surface area contributed by atoms with Gasteiger partial charge in [-0.3, -0.25) is 0 Å². The van der Waals surface area contributed by atoms with Gasteiger partial charge in [-0.15, -0.1) is 0 Å². The van der Waals surface area contributed by atoms with E-state index in [9.17, 15) is 0 Å². The van der Waals surface area contributed by atoms with Crippen LogP contribution in [-0.4, -0.2) is 9.97 Å². The van der Waals surface area contributed by atoms with Crippen LogP contribution < -0.4 is 5.32 Å². The number of nitrogens with one attached hydrogen (secondary N) is 1. The maximum Gasteiger partial charge on any atom is 0.227 e. The molecule has 4 rings (SSSR count). The molecule has 1 N–H and O–H groups in total. The molecule has 0 aliphatic heterocycles. The lowest BCUT2D eigenvalue weighted by atomic mass is 10.1. The van der Waals surface area contributed by atoms with Crippen LogP contribution in [0.25, 0.3) is 21.7 Å². The van der Waals surface area contributed by atoms with Gasteiger partial charge in [0.25, 0.3) is 0 Å². The molecule has 3 aromatic carbocycles. The van der Waals surface area contributed by atoms with Crippen molar-refractivity contribution in [2.24, 2.45) is 0 Å². The molecular formula is C18H13N3. The highest BCUT2D eigenvalue weighted by Gasteiger charge is 2.02. The SMILES string of the molecule is c1ccc(Nc2ncc3cc4ccccc4cc3n2)cc1. The van der Waals surface area contributed by atoms with Crippen LogP contribution in [0.5, 0.6) is 0 Å². The van der Waals surface area contributed by atoms with Crippen molar-refractivity contribution in [2.75, 3.05) is 5.32 Å². The van der Waals surface area contributed by atoms with Crippen LogP contribution in [0.3, 0.4) is 0 Å². The van der Waals surface area contributed by atoms with Crippen LogP contribution in [0.1, 0.15) is 0 Å². The van der Waals surface area contributed by atoms with Crippen molar-refractivity contribution >= 4 is 33.3 Å². The molecule has 0 spiro atoms. The summed E-state index contributed by atoms with van der Waals surface area (Å²) in [4.78, 5) is 8.99. The topological polar surface area (TPSA) is 37.8 Å². The molecule has 0 atom stereocenters. The van der Waals surface area contributed by atoms with Crippen LogP contribution in [0.4, 0.5) is 11.6 Å². The molecule has 0 saturated heterocycles. The predicted molar refractivity (Wildman–Crippen MR) is 86.8 cm³/mol. The van der Waals surface area contributed by atoms with Crippen LogP contribution in [0.15, 0.2) is 72.9 Å². The monoisotopic (exact) mass is 271 g/mol. The van der Waals surface area contributed by atoms with Gasteiger partial charge < -0.3 is 5.32 Å². The van der Waals surface area contributed by atoms with Crippen molar-refractivity contribution < 1.29 is 0 Å². The molecular weight excluding hydrogens is 258 g/mol. The number of anilines is 2. The first-order valence-corrected chi connectivity index (χ1v) is 6.86. The summed E-state index contributed by atoms with van der Waals surface area (Å²) in [5.74, 6) is 0.615. The van der Waals surface area contributed by atoms with E-state index in [4.69, 9.17) is 0 Å². The largest absolute Gasteiger partial charge is 0.324 e. The predicted octanol–water partition coefficient (Wildman–Crippen LogP) is 4.53. The highest BCUT2D eigenvalue weighted by molar-refractivity contribution is 5.96. The van der Waals surface area contributed by atoms with Crippen molar-refractivity contribution in [1.29, 1.82) is 0 Å². The number of para-hydroxylation sites is 1. The minimum atomic E-state index is 0.615. The second-order valence-corrected chi connectivity index (χ2v) is 4.94. The molecule has 1 heterocycles. The molecule has 4 aromatic rings. The molecule has 0 unspecified atom stereocenters. The second kappa shape index (κ2) is 4.87. The third-order valence-electron chi connectivity index (χ3n) is 3.48. The van der Waals surface area contributed by atoms with Gasteiger partial charge in [0.05, 0.1) is 5.52 Å². The lowest BCUT2D eigenvalue weighted by molar-refractivity contribution is 1.21. The third kappa shape index (κ3) is 2.30. The fraction of sp³-hybridized carbons (Fsp3) is 0. The normalized spacial score (nSPS) is 10.9. The zero-order valence-corrected chi connectivity index (χ0v) is 11.3. The number of fused-ring (bicyclic) bond motifs is 2. The van der Waals surface area contributed by atoms with E-state index in [1.165, 1.54) is 10.8 Å². The van der Waals surface area contributed by atoms with E-state index in [-0.39, 0.29) is 0 Å². The highest BCUT2D eigenvalue weighted by atomic mass is 15.1. The van der Waals surface area contributed by atoms with Crippen LogP contribution in [-0.2, 0) is 0 Å². The number of rotatable bonds is 2. The lowest BCUT2D eigenvalue weighted by Gasteiger charge is -2.06. The van der Waals surface area contributed by atoms with Crippen molar-refractivity contribution in [1.82, 2.24) is 9.97 Å². The van der Waals surface area contributed by atoms with Gasteiger partial charge in [0.2, 0.25) is 5.95 Å². The summed E-state index contributed by atoms with van der Waals surface area (Å²) in [5.41, 5.74) is 1.93. The van der Waals surface area contributed by atoms with Crippen molar-refractivity contribution in [3.8, 4) is 0 Å². The summed E-state index contributed by atoms with van der Waals surface area (Å²) in [6.45, 7) is 0. The Hall–Kier alpha value is -2.94. The van der Waals surface area contributed by atoms with E-state index in [1.807, 2.05) is 48.7 Å². The smallest absolute Gasteiger partial charge is 0.227 e. The van der Waals surface area contributed by atoms with E-state index >= 15 is 0 Å². The highest BCUT2D eigenvalue weighted by Crippen LogP contribution is 2.22. The van der Waals surface area contributed by atoms with Gasteiger partial charge in [-0.25, -0.2) is 9.97 Å². The Morgan fingerprint density at radius 2 is 1.43 bits per heavy atom. The first-order valence-electron chi connectivity index (χ1n) is 6.86. The van der Waals surface area contributed by atoms with Crippen LogP contribution in [0.2, 0.25) is 0 Å². The number of nitrogens with zero attached hydrogens (tertiary/aromatic N) is 2. The van der Waals surface area contributed by atoms with Gasteiger partial charge in [-0.05, 0) is 35.0 Å². The maximum absolute atomic E-state index is 4.60. The van der Waals surface area contributed by atoms with E-state index in [0.717, 1.165) is 16.6 Å². The molecule has 0 saturated carbocycles. The van der Waals surface area contributed by atoms with Crippen molar-refractivity contribution in [3.05, 3.63) is 72.9 Å². The van der Waals surface area contributed by atoms with Gasteiger partial charge in [0.15, 0.2) is 0 Å². The molecule has 100 valence electrons. The Morgan fingerprint density at radius 3 is 2.24 bits per heavy atom. The number of benzene rings is 3. The minimum absolute atomic E-state index is 0.615. The number of hydrogen-bond donors (Lipinski definition) is 1. The van der Waals surface area contributed by atoms with Crippen LogP contribution >= 0.6 is 0 Å². The standard InChI is InChI=1S/C18H13N3/c1-2-8-16(9-3-1)20-18-19-12-15-10-13-6-4-5-7-14(13)11-17(15)21-18/h1-12H,(H,19,20,21). The molecule has 0 bridgehead atoms. The first kappa shape index (κ1) is 11.9. The maximum atomic E-state index is 4.60. The van der Waals surface area contributed by atoms with Gasteiger partial charge in [0, 0.05) is 17.3 Å². The average Bonchev–Trinajstić information content (AvgIpc) is 2.54. The average molecular weight is 271 g/mol. The summed E-state index contributed by atoms with van der Waals surface area (Å²) in [6, 6.07) is 22.4. The number of aromatic nitrogens is 2. The summed E-state index contributed by atoms with van der Waals surface area (Å²) in [5, 5.41) is 6.67. The Kier molecular flexibility index (Phi) is 2.75. The third-order valence-corrected chi connectivity index (χ3v) is 3.48. The van der Waals surface area contributed by atoms with Crippen LogP contribution in [0, 0.1) is 0 Å². The quantitative estimate of drug-likeness (QED) is 0.544. The molecule has 1 aromatic heterocycles. The summed E-state index contributed by atoms with van der Waals surface area (Å²) in [6.07, 6.45) is 1.86. The molecule has 21 heavy (non-hydrogen) atoms. The van der Waals surface area contributed by atoms with Gasteiger partial charge in [-0.1, -0.05) is 42.5 Å². The molecule has 0 fully saturated rings. The molecule has 0 amide bonds. The summed E-state index contributed by atoms with van der Waals surface area (Å²) in [7, 11) is 0. The van der Waals surface area contributed by atoms with E-state index in [1.54, 1.807) is 0 Å². The Bertz CT molecular complexity index is 917. The van der Waals surface area contributed by atoms with E-state index in [0.29, 0.717) is 5.95 Å². The summed E-state index contributed by atoms with van der Waals surface area (Å²) >= 11 is 0. The zero-order chi connectivity index (χ0) is 14.1. The van der Waals surface area contributed by atoms with Crippen molar-refractivity contribution in [2.45, 2.75) is 0 Å². The molecule has 0 radical (unpaired) electrons. The summed E-state index contributed by atoms with van der Waals surface area (Å²) < 4.78 is 0. The first-order chi connectivity index (χ1) is 10.4. The zero-order valence-electron chi connectivity index (χ0n) is 11.3. The second-order valence-electron chi connectivity index (χ2n) is 4.94.